The molecule has 0 aromatic heterocycles. The van der Waals surface area contributed by atoms with Gasteiger partial charge in [0, 0.05) is 19.2 Å². The van der Waals surface area contributed by atoms with Crippen molar-refractivity contribution in [2.24, 2.45) is 0 Å². The Hall–Kier alpha value is -1.58. The number of hydrogen-bond donors (Lipinski definition) is 0. The molecule has 1 unspecified atom stereocenters. The van der Waals surface area contributed by atoms with Crippen molar-refractivity contribution in [1.82, 2.24) is 4.90 Å². The maximum absolute atomic E-state index is 13.2. The summed E-state index contributed by atoms with van der Waals surface area (Å²) >= 11 is 0. The van der Waals surface area contributed by atoms with Crippen molar-refractivity contribution in [3.05, 3.63) is 29.6 Å². The van der Waals surface area contributed by atoms with Gasteiger partial charge in [0.1, 0.15) is 11.6 Å². The Morgan fingerprint density at radius 2 is 2.00 bits per heavy atom. The number of ether oxygens (including phenoxy) is 1. The summed E-state index contributed by atoms with van der Waals surface area (Å²) in [5.41, 5.74) is 0.833. The lowest BCUT2D eigenvalue weighted by atomic mass is 10.1. The molecule has 104 valence electrons. The van der Waals surface area contributed by atoms with Crippen LogP contribution in [0.4, 0.5) is 4.39 Å². The highest BCUT2D eigenvalue weighted by molar-refractivity contribution is 5.81. The highest BCUT2D eigenvalue weighted by Gasteiger charge is 2.23. The summed E-state index contributed by atoms with van der Waals surface area (Å²) in [7, 11) is 0. The number of benzene rings is 1. The summed E-state index contributed by atoms with van der Waals surface area (Å²) < 4.78 is 18.8. The minimum atomic E-state index is -0.571. The molecule has 0 saturated carbocycles. The molecule has 0 radical (unpaired) electrons. The second-order valence-electron chi connectivity index (χ2n) is 5.06. The van der Waals surface area contributed by atoms with Crippen molar-refractivity contribution in [1.29, 1.82) is 0 Å². The normalized spacial score (nSPS) is 17.1. The van der Waals surface area contributed by atoms with Crippen molar-refractivity contribution < 1.29 is 13.9 Å². The molecule has 0 spiro atoms. The fourth-order valence-electron chi connectivity index (χ4n) is 2.31. The van der Waals surface area contributed by atoms with Crippen molar-refractivity contribution in [2.45, 2.75) is 39.2 Å². The molecule has 1 fully saturated rings. The van der Waals surface area contributed by atoms with Gasteiger partial charge < -0.3 is 9.64 Å². The molecule has 1 atom stereocenters. The lowest BCUT2D eigenvalue weighted by Gasteiger charge is -2.29. The molecule has 19 heavy (non-hydrogen) atoms. The first kappa shape index (κ1) is 13.8. The first-order valence-corrected chi connectivity index (χ1v) is 6.79. The fraction of sp³-hybridized carbons (Fsp3) is 0.533. The summed E-state index contributed by atoms with van der Waals surface area (Å²) in [6.45, 7) is 5.16. The van der Waals surface area contributed by atoms with E-state index in [9.17, 15) is 9.18 Å². The Bertz CT molecular complexity index is 455. The van der Waals surface area contributed by atoms with Crippen LogP contribution in [0.15, 0.2) is 18.2 Å². The number of halogens is 1. The molecule has 1 aromatic carbocycles. The summed E-state index contributed by atoms with van der Waals surface area (Å²) in [5.74, 6) is 0.0828. The lowest BCUT2D eigenvalue weighted by Crippen LogP contribution is -2.43. The Kier molecular flexibility index (Phi) is 4.40. The second kappa shape index (κ2) is 6.04. The third kappa shape index (κ3) is 3.46. The average molecular weight is 265 g/mol. The van der Waals surface area contributed by atoms with E-state index in [0.717, 1.165) is 31.5 Å². The number of amides is 1. The first-order chi connectivity index (χ1) is 9.08. The number of aryl methyl sites for hydroxylation is 1. The van der Waals surface area contributed by atoms with Crippen molar-refractivity contribution in [3.8, 4) is 5.75 Å². The standard InChI is InChI=1S/C15H20FNO2/c1-11-6-7-13(16)10-14(11)19-12(2)15(18)17-8-4-3-5-9-17/h6-7,10,12H,3-5,8-9H2,1-2H3. The van der Waals surface area contributed by atoms with E-state index >= 15 is 0 Å². The van der Waals surface area contributed by atoms with Crippen LogP contribution in [0.3, 0.4) is 0 Å². The molecule has 1 aliphatic rings. The van der Waals surface area contributed by atoms with E-state index in [1.54, 1.807) is 13.0 Å². The molecule has 3 nitrogen and oxygen atoms in total. The van der Waals surface area contributed by atoms with Gasteiger partial charge in [-0.3, -0.25) is 4.79 Å². The van der Waals surface area contributed by atoms with Gasteiger partial charge in [0.2, 0.25) is 0 Å². The zero-order valence-electron chi connectivity index (χ0n) is 11.5. The van der Waals surface area contributed by atoms with Gasteiger partial charge in [0.25, 0.3) is 5.91 Å². The molecule has 0 bridgehead atoms. The molecule has 0 N–H and O–H groups in total. The van der Waals surface area contributed by atoms with Gasteiger partial charge in [-0.25, -0.2) is 4.39 Å². The van der Waals surface area contributed by atoms with Gasteiger partial charge in [0.15, 0.2) is 6.10 Å². The number of nitrogens with zero attached hydrogens (tertiary/aromatic N) is 1. The zero-order chi connectivity index (χ0) is 13.8. The summed E-state index contributed by atoms with van der Waals surface area (Å²) in [6.07, 6.45) is 2.72. The smallest absolute Gasteiger partial charge is 0.263 e. The van der Waals surface area contributed by atoms with E-state index in [4.69, 9.17) is 4.74 Å². The van der Waals surface area contributed by atoms with Crippen LogP contribution in [0.1, 0.15) is 31.7 Å². The predicted octanol–water partition coefficient (Wildman–Crippen LogP) is 2.91. The predicted molar refractivity (Wildman–Crippen MR) is 71.7 cm³/mol. The van der Waals surface area contributed by atoms with E-state index in [0.29, 0.717) is 5.75 Å². The number of likely N-dealkylation sites (tertiary alicyclic amines) is 1. The minimum Gasteiger partial charge on any atom is -0.481 e. The zero-order valence-corrected chi connectivity index (χ0v) is 11.5. The van der Waals surface area contributed by atoms with E-state index in [2.05, 4.69) is 0 Å². The Morgan fingerprint density at radius 1 is 1.32 bits per heavy atom. The third-order valence-electron chi connectivity index (χ3n) is 3.47. The van der Waals surface area contributed by atoms with Crippen LogP contribution in [0, 0.1) is 12.7 Å². The van der Waals surface area contributed by atoms with Crippen LogP contribution in [0.2, 0.25) is 0 Å². The molecule has 1 aliphatic heterocycles. The molecule has 1 heterocycles. The van der Waals surface area contributed by atoms with Crippen LogP contribution in [0.5, 0.6) is 5.75 Å². The van der Waals surface area contributed by atoms with E-state index in [1.807, 2.05) is 11.8 Å². The van der Waals surface area contributed by atoms with Crippen molar-refractivity contribution in [2.75, 3.05) is 13.1 Å². The Labute approximate surface area is 113 Å². The number of carbonyl (C=O) groups is 1. The summed E-state index contributed by atoms with van der Waals surface area (Å²) in [4.78, 5) is 14.0. The van der Waals surface area contributed by atoms with Gasteiger partial charge in [0.05, 0.1) is 0 Å². The molecule has 0 aliphatic carbocycles. The lowest BCUT2D eigenvalue weighted by molar-refractivity contribution is -0.138. The largest absolute Gasteiger partial charge is 0.481 e. The molecule has 1 aromatic rings. The van der Waals surface area contributed by atoms with Crippen LogP contribution in [-0.2, 0) is 4.79 Å². The fourth-order valence-corrected chi connectivity index (χ4v) is 2.31. The van der Waals surface area contributed by atoms with Crippen LogP contribution in [-0.4, -0.2) is 30.0 Å². The average Bonchev–Trinajstić information content (AvgIpc) is 2.43. The van der Waals surface area contributed by atoms with Gasteiger partial charge in [-0.2, -0.15) is 0 Å². The maximum atomic E-state index is 13.2. The van der Waals surface area contributed by atoms with Crippen LogP contribution >= 0.6 is 0 Å². The molecule has 1 amide bonds. The Morgan fingerprint density at radius 3 is 2.68 bits per heavy atom. The third-order valence-corrected chi connectivity index (χ3v) is 3.47. The number of rotatable bonds is 3. The monoisotopic (exact) mass is 265 g/mol. The topological polar surface area (TPSA) is 29.5 Å². The van der Waals surface area contributed by atoms with E-state index in [-0.39, 0.29) is 11.7 Å². The highest BCUT2D eigenvalue weighted by atomic mass is 19.1. The van der Waals surface area contributed by atoms with Crippen LogP contribution in [0.25, 0.3) is 0 Å². The SMILES string of the molecule is Cc1ccc(F)cc1OC(C)C(=O)N1CCCCC1. The summed E-state index contributed by atoms with van der Waals surface area (Å²) in [5, 5.41) is 0. The van der Waals surface area contributed by atoms with Crippen molar-refractivity contribution >= 4 is 5.91 Å². The van der Waals surface area contributed by atoms with Gasteiger partial charge in [-0.05, 0) is 44.7 Å². The van der Waals surface area contributed by atoms with Crippen molar-refractivity contribution in [3.63, 3.8) is 0 Å². The van der Waals surface area contributed by atoms with Gasteiger partial charge in [-0.15, -0.1) is 0 Å². The number of carbonyl (C=O) groups excluding carboxylic acids is 1. The Balaban J connectivity index is 2.01. The molecule has 2 rings (SSSR count). The van der Waals surface area contributed by atoms with Gasteiger partial charge in [-0.1, -0.05) is 6.07 Å². The van der Waals surface area contributed by atoms with Crippen LogP contribution < -0.4 is 4.74 Å². The molecule has 4 heteroatoms. The van der Waals surface area contributed by atoms with Gasteiger partial charge >= 0.3 is 0 Å². The quantitative estimate of drug-likeness (QED) is 0.841. The number of piperidine rings is 1. The minimum absolute atomic E-state index is 0.0108. The van der Waals surface area contributed by atoms with E-state index < -0.39 is 6.10 Å². The van der Waals surface area contributed by atoms with E-state index in [1.165, 1.54) is 18.6 Å². The molecular weight excluding hydrogens is 245 g/mol. The maximum Gasteiger partial charge on any atom is 0.263 e. The second-order valence-corrected chi connectivity index (χ2v) is 5.06. The molecular formula is C15H20FNO2. The molecule has 1 saturated heterocycles. The highest BCUT2D eigenvalue weighted by Crippen LogP contribution is 2.21. The summed E-state index contributed by atoms with van der Waals surface area (Å²) in [6, 6.07) is 4.37. The first-order valence-electron chi connectivity index (χ1n) is 6.79. The number of hydrogen-bond acceptors (Lipinski definition) is 2.